The molecule has 0 aromatic heterocycles. The lowest BCUT2D eigenvalue weighted by Gasteiger charge is -2.13. The number of benzene rings is 1. The number of hydrogen-bond donors (Lipinski definition) is 0. The van der Waals surface area contributed by atoms with Crippen molar-refractivity contribution in [3.63, 3.8) is 0 Å². The number of hydrogen-bond acceptors (Lipinski definition) is 1. The Morgan fingerprint density at radius 1 is 0.882 bits per heavy atom. The van der Waals surface area contributed by atoms with E-state index < -0.39 is 47.4 Å². The molecule has 1 aromatic rings. The van der Waals surface area contributed by atoms with E-state index in [1.54, 1.807) is 0 Å². The second-order valence-corrected chi connectivity index (χ2v) is 2.96. The third-order valence-corrected chi connectivity index (χ3v) is 1.89. The van der Waals surface area contributed by atoms with E-state index in [1.807, 2.05) is 0 Å². The molecule has 0 saturated heterocycles. The summed E-state index contributed by atoms with van der Waals surface area (Å²) >= 11 is 0. The summed E-state index contributed by atoms with van der Waals surface area (Å²) in [6.07, 6.45) is -5.87. The van der Waals surface area contributed by atoms with Crippen LogP contribution in [0.25, 0.3) is 0 Å². The standard InChI is InChI=1S/C9H5F7O/c1-2-3-4(10)6(12)8(7(13)5(3)11)17-9(14,15)16/h2H2,1H3. The minimum atomic E-state index is -5.45. The first kappa shape index (κ1) is 13.6. The first-order chi connectivity index (χ1) is 7.69. The fourth-order valence-electron chi connectivity index (χ4n) is 1.17. The van der Waals surface area contributed by atoms with Crippen LogP contribution in [0.3, 0.4) is 0 Å². The van der Waals surface area contributed by atoms with Gasteiger partial charge >= 0.3 is 6.36 Å². The normalized spacial score (nSPS) is 11.8. The highest BCUT2D eigenvalue weighted by atomic mass is 19.4. The van der Waals surface area contributed by atoms with E-state index >= 15 is 0 Å². The van der Waals surface area contributed by atoms with Crippen molar-refractivity contribution in [3.8, 4) is 5.75 Å². The minimum absolute atomic E-state index is 0.419. The third-order valence-electron chi connectivity index (χ3n) is 1.89. The topological polar surface area (TPSA) is 9.23 Å². The number of ether oxygens (including phenoxy) is 1. The molecule has 0 amide bonds. The highest BCUT2D eigenvalue weighted by molar-refractivity contribution is 5.34. The van der Waals surface area contributed by atoms with Gasteiger partial charge in [-0.05, 0) is 6.42 Å². The van der Waals surface area contributed by atoms with Gasteiger partial charge in [-0.25, -0.2) is 8.78 Å². The van der Waals surface area contributed by atoms with E-state index in [9.17, 15) is 30.7 Å². The Labute approximate surface area is 90.8 Å². The molecule has 0 radical (unpaired) electrons. The van der Waals surface area contributed by atoms with Crippen molar-refractivity contribution in [3.05, 3.63) is 28.8 Å². The molecular weight excluding hydrogens is 257 g/mol. The summed E-state index contributed by atoms with van der Waals surface area (Å²) < 4.78 is 90.3. The van der Waals surface area contributed by atoms with Crippen molar-refractivity contribution in [2.75, 3.05) is 0 Å². The number of alkyl halides is 3. The van der Waals surface area contributed by atoms with Crippen molar-refractivity contribution in [2.45, 2.75) is 19.7 Å². The summed E-state index contributed by atoms with van der Waals surface area (Å²) in [5.41, 5.74) is -0.977. The molecule has 0 saturated carbocycles. The van der Waals surface area contributed by atoms with Gasteiger partial charge < -0.3 is 4.74 Å². The van der Waals surface area contributed by atoms with Crippen molar-refractivity contribution in [2.24, 2.45) is 0 Å². The molecule has 17 heavy (non-hydrogen) atoms. The molecule has 0 N–H and O–H groups in total. The first-order valence-corrected chi connectivity index (χ1v) is 4.29. The Bertz CT molecular complexity index is 409. The Morgan fingerprint density at radius 3 is 1.59 bits per heavy atom. The Morgan fingerprint density at radius 2 is 1.29 bits per heavy atom. The molecule has 0 heterocycles. The zero-order valence-electron chi connectivity index (χ0n) is 8.26. The fraction of sp³-hybridized carbons (Fsp3) is 0.333. The van der Waals surface area contributed by atoms with Crippen LogP contribution in [0.15, 0.2) is 0 Å². The van der Waals surface area contributed by atoms with Crippen LogP contribution in [-0.4, -0.2) is 6.36 Å². The predicted molar refractivity (Wildman–Crippen MR) is 42.3 cm³/mol. The van der Waals surface area contributed by atoms with Gasteiger partial charge in [0.15, 0.2) is 11.6 Å². The lowest BCUT2D eigenvalue weighted by molar-refractivity contribution is -0.276. The van der Waals surface area contributed by atoms with E-state index in [-0.39, 0.29) is 0 Å². The molecular formula is C9H5F7O. The highest BCUT2D eigenvalue weighted by Crippen LogP contribution is 2.33. The summed E-state index contributed by atoms with van der Waals surface area (Å²) in [6, 6.07) is 0. The monoisotopic (exact) mass is 262 g/mol. The van der Waals surface area contributed by atoms with Crippen molar-refractivity contribution in [1.29, 1.82) is 0 Å². The second kappa shape index (κ2) is 4.42. The summed E-state index contributed by atoms with van der Waals surface area (Å²) in [5.74, 6) is -10.3. The Kier molecular flexibility index (Phi) is 3.53. The number of rotatable bonds is 2. The molecule has 8 heteroatoms. The molecule has 0 unspecified atom stereocenters. The predicted octanol–water partition coefficient (Wildman–Crippen LogP) is 3.70. The van der Waals surface area contributed by atoms with Gasteiger partial charge in [-0.3, -0.25) is 0 Å². The Hall–Kier alpha value is -1.47. The van der Waals surface area contributed by atoms with Gasteiger partial charge in [0.2, 0.25) is 17.4 Å². The molecule has 1 nitrogen and oxygen atoms in total. The van der Waals surface area contributed by atoms with Crippen LogP contribution in [0, 0.1) is 23.3 Å². The zero-order chi connectivity index (χ0) is 13.4. The molecule has 0 aliphatic rings. The van der Waals surface area contributed by atoms with E-state index in [1.165, 1.54) is 6.92 Å². The van der Waals surface area contributed by atoms with Crippen LogP contribution in [-0.2, 0) is 6.42 Å². The maximum atomic E-state index is 13.0. The molecule has 1 aromatic carbocycles. The average molecular weight is 262 g/mol. The van der Waals surface area contributed by atoms with Gasteiger partial charge in [0.1, 0.15) is 0 Å². The summed E-state index contributed by atoms with van der Waals surface area (Å²) in [5, 5.41) is 0. The molecule has 96 valence electrons. The van der Waals surface area contributed by atoms with Crippen molar-refractivity contribution >= 4 is 0 Å². The van der Waals surface area contributed by atoms with Crippen LogP contribution < -0.4 is 4.74 Å². The van der Waals surface area contributed by atoms with Crippen molar-refractivity contribution in [1.82, 2.24) is 0 Å². The summed E-state index contributed by atoms with van der Waals surface area (Å²) in [6.45, 7) is 1.19. The fourth-order valence-corrected chi connectivity index (χ4v) is 1.17. The SMILES string of the molecule is CCc1c(F)c(F)c(OC(F)(F)F)c(F)c1F. The van der Waals surface area contributed by atoms with Gasteiger partial charge in [-0.15, -0.1) is 13.2 Å². The quantitative estimate of drug-likeness (QED) is 0.583. The smallest absolute Gasteiger partial charge is 0.399 e. The van der Waals surface area contributed by atoms with E-state index in [0.717, 1.165) is 0 Å². The average Bonchev–Trinajstić information content (AvgIpc) is 2.21. The summed E-state index contributed by atoms with van der Waals surface area (Å²) in [7, 11) is 0. The van der Waals surface area contributed by atoms with Crippen LogP contribution >= 0.6 is 0 Å². The molecule has 0 aliphatic heterocycles. The van der Waals surface area contributed by atoms with Gasteiger partial charge in [0.25, 0.3) is 0 Å². The summed E-state index contributed by atoms with van der Waals surface area (Å²) in [4.78, 5) is 0. The minimum Gasteiger partial charge on any atom is -0.399 e. The first-order valence-electron chi connectivity index (χ1n) is 4.29. The zero-order valence-corrected chi connectivity index (χ0v) is 8.26. The Balaban J connectivity index is 3.43. The number of halogens is 7. The second-order valence-electron chi connectivity index (χ2n) is 2.96. The van der Waals surface area contributed by atoms with E-state index in [0.29, 0.717) is 0 Å². The molecule has 0 fully saturated rings. The van der Waals surface area contributed by atoms with Gasteiger partial charge in [0.05, 0.1) is 0 Å². The third kappa shape index (κ3) is 2.62. The molecule has 0 bridgehead atoms. The van der Waals surface area contributed by atoms with Gasteiger partial charge in [-0.2, -0.15) is 8.78 Å². The lowest BCUT2D eigenvalue weighted by atomic mass is 10.1. The molecule has 0 spiro atoms. The van der Waals surface area contributed by atoms with Gasteiger partial charge in [0, 0.05) is 5.56 Å². The van der Waals surface area contributed by atoms with Gasteiger partial charge in [-0.1, -0.05) is 6.92 Å². The largest absolute Gasteiger partial charge is 0.573 e. The molecule has 0 atom stereocenters. The maximum Gasteiger partial charge on any atom is 0.573 e. The van der Waals surface area contributed by atoms with Crippen LogP contribution in [0.4, 0.5) is 30.7 Å². The highest BCUT2D eigenvalue weighted by Gasteiger charge is 2.37. The van der Waals surface area contributed by atoms with E-state index in [4.69, 9.17) is 0 Å². The van der Waals surface area contributed by atoms with Crippen molar-refractivity contribution < 1.29 is 35.5 Å². The van der Waals surface area contributed by atoms with E-state index in [2.05, 4.69) is 4.74 Å². The molecule has 1 rings (SSSR count). The van der Waals surface area contributed by atoms with Crippen LogP contribution in [0.2, 0.25) is 0 Å². The lowest BCUT2D eigenvalue weighted by Crippen LogP contribution is -2.20. The molecule has 0 aliphatic carbocycles. The maximum absolute atomic E-state index is 13.0. The van der Waals surface area contributed by atoms with Crippen LogP contribution in [0.5, 0.6) is 5.75 Å². The van der Waals surface area contributed by atoms with Crippen LogP contribution in [0.1, 0.15) is 12.5 Å².